The molecule has 0 amide bonds. The van der Waals surface area contributed by atoms with Gasteiger partial charge in [0.25, 0.3) is 0 Å². The van der Waals surface area contributed by atoms with Gasteiger partial charge in [0.2, 0.25) is 0 Å². The highest BCUT2D eigenvalue weighted by atomic mass is 35.5. The lowest BCUT2D eigenvalue weighted by Gasteiger charge is -2.34. The van der Waals surface area contributed by atoms with Crippen LogP contribution in [0.25, 0.3) is 6.08 Å². The van der Waals surface area contributed by atoms with E-state index in [1.54, 1.807) is 0 Å². The lowest BCUT2D eigenvalue weighted by molar-refractivity contribution is -0.935. The first kappa shape index (κ1) is 18.4. The van der Waals surface area contributed by atoms with Crippen LogP contribution in [-0.4, -0.2) is 29.8 Å². The van der Waals surface area contributed by atoms with Crippen LogP contribution in [0.2, 0.25) is 0 Å². The maximum atomic E-state index is 9.41. The predicted molar refractivity (Wildman–Crippen MR) is 88.5 cm³/mol. The van der Waals surface area contributed by atoms with E-state index in [1.807, 2.05) is 12.1 Å². The number of aliphatic hydroxyl groups excluding tert-OH is 1. The first-order valence-corrected chi connectivity index (χ1v) is 7.35. The molecule has 2 aromatic carbocycles. The van der Waals surface area contributed by atoms with Crippen LogP contribution in [0.15, 0.2) is 61.2 Å². The predicted octanol–water partition coefficient (Wildman–Crippen LogP) is 0.473. The summed E-state index contributed by atoms with van der Waals surface area (Å²) in [5, 5.41) is 9.41. The Hall–Kier alpha value is -1.61. The van der Waals surface area contributed by atoms with Crippen molar-refractivity contribution in [2.45, 2.75) is 13.1 Å². The summed E-state index contributed by atoms with van der Waals surface area (Å²) >= 11 is 0. The van der Waals surface area contributed by atoms with Crippen LogP contribution in [0.1, 0.15) is 16.7 Å². The van der Waals surface area contributed by atoms with Gasteiger partial charge in [-0.15, -0.1) is 0 Å². The fraction of sp³-hybridized carbons (Fsp3) is 0.263. The van der Waals surface area contributed by atoms with Gasteiger partial charge in [0.15, 0.2) is 0 Å². The minimum Gasteiger partial charge on any atom is -1.00 e. The van der Waals surface area contributed by atoms with Crippen LogP contribution >= 0.6 is 0 Å². The molecule has 0 aliphatic carbocycles. The number of likely N-dealkylation sites (N-methyl/N-ethyl adjacent to an activating group) is 1. The van der Waals surface area contributed by atoms with Gasteiger partial charge in [-0.3, -0.25) is 0 Å². The number of rotatable bonds is 7. The zero-order valence-electron chi connectivity index (χ0n) is 13.1. The Morgan fingerprint density at radius 3 is 2.00 bits per heavy atom. The molecule has 118 valence electrons. The number of hydrogen-bond acceptors (Lipinski definition) is 1. The molecule has 0 heterocycles. The van der Waals surface area contributed by atoms with Crippen molar-refractivity contribution in [3.05, 3.63) is 77.9 Å². The Morgan fingerprint density at radius 1 is 0.955 bits per heavy atom. The number of quaternary nitrogens is 1. The number of nitrogens with zero attached hydrogens (tertiary/aromatic N) is 1. The molecule has 22 heavy (non-hydrogen) atoms. The fourth-order valence-electron chi connectivity index (χ4n) is 2.68. The van der Waals surface area contributed by atoms with Gasteiger partial charge in [0, 0.05) is 11.1 Å². The van der Waals surface area contributed by atoms with Gasteiger partial charge < -0.3 is 22.0 Å². The van der Waals surface area contributed by atoms with Crippen molar-refractivity contribution in [2.24, 2.45) is 0 Å². The van der Waals surface area contributed by atoms with E-state index >= 15 is 0 Å². The lowest BCUT2D eigenvalue weighted by Crippen LogP contribution is -3.00. The van der Waals surface area contributed by atoms with Crippen LogP contribution in [-0.2, 0) is 13.1 Å². The van der Waals surface area contributed by atoms with E-state index in [1.165, 1.54) is 11.1 Å². The van der Waals surface area contributed by atoms with Crippen molar-refractivity contribution >= 4 is 6.08 Å². The van der Waals surface area contributed by atoms with Crippen LogP contribution in [0.5, 0.6) is 0 Å². The molecule has 1 N–H and O–H groups in total. The Labute approximate surface area is 139 Å². The summed E-state index contributed by atoms with van der Waals surface area (Å²) < 4.78 is 0.800. The molecule has 0 spiro atoms. The topological polar surface area (TPSA) is 20.2 Å². The van der Waals surface area contributed by atoms with Gasteiger partial charge in [-0.1, -0.05) is 67.3 Å². The molecule has 2 aromatic rings. The van der Waals surface area contributed by atoms with E-state index in [9.17, 15) is 5.11 Å². The van der Waals surface area contributed by atoms with E-state index in [0.717, 1.165) is 29.7 Å². The van der Waals surface area contributed by atoms with E-state index in [2.05, 4.69) is 62.2 Å². The maximum Gasteiger partial charge on any atom is 0.104 e. The summed E-state index contributed by atoms with van der Waals surface area (Å²) in [4.78, 5) is 0. The molecule has 0 saturated carbocycles. The molecule has 0 fully saturated rings. The second-order valence-electron chi connectivity index (χ2n) is 5.81. The summed E-state index contributed by atoms with van der Waals surface area (Å²) in [6.45, 7) is 6.56. The molecule has 2 rings (SSSR count). The quantitative estimate of drug-likeness (QED) is 0.736. The number of aliphatic hydroxyl groups is 1. The van der Waals surface area contributed by atoms with Gasteiger partial charge in [0.1, 0.15) is 19.6 Å². The molecule has 0 aromatic heterocycles. The average Bonchev–Trinajstić information content (AvgIpc) is 2.49. The van der Waals surface area contributed by atoms with Crippen molar-refractivity contribution < 1.29 is 22.0 Å². The highest BCUT2D eigenvalue weighted by molar-refractivity contribution is 5.47. The number of benzene rings is 2. The third-order valence-electron chi connectivity index (χ3n) is 3.83. The van der Waals surface area contributed by atoms with E-state index < -0.39 is 0 Å². The minimum absolute atomic E-state index is 0. The molecule has 0 radical (unpaired) electrons. The van der Waals surface area contributed by atoms with Gasteiger partial charge >= 0.3 is 0 Å². The molecule has 2 nitrogen and oxygen atoms in total. The summed E-state index contributed by atoms with van der Waals surface area (Å²) in [6, 6.07) is 18.9. The normalized spacial score (nSPS) is 13.0. The van der Waals surface area contributed by atoms with E-state index in [0.29, 0.717) is 0 Å². The SMILES string of the molecule is C=Cc1ccc(C[N+](C)(CCO)Cc2ccccc2)cc1.[Cl-]. The van der Waals surface area contributed by atoms with Crippen LogP contribution in [0.4, 0.5) is 0 Å². The average molecular weight is 318 g/mol. The van der Waals surface area contributed by atoms with Gasteiger partial charge in [-0.25, -0.2) is 0 Å². The molecule has 3 heteroatoms. The molecule has 1 unspecified atom stereocenters. The monoisotopic (exact) mass is 317 g/mol. The fourth-order valence-corrected chi connectivity index (χ4v) is 2.68. The van der Waals surface area contributed by atoms with Crippen LogP contribution in [0, 0.1) is 0 Å². The molecule has 0 bridgehead atoms. The zero-order chi connectivity index (χ0) is 15.1. The lowest BCUT2D eigenvalue weighted by atomic mass is 10.1. The summed E-state index contributed by atoms with van der Waals surface area (Å²) in [5.74, 6) is 0. The van der Waals surface area contributed by atoms with E-state index in [-0.39, 0.29) is 19.0 Å². The molecule has 0 aliphatic rings. The minimum atomic E-state index is 0. The standard InChI is InChI=1S/C19H24NO.ClH/c1-3-17-9-11-19(12-10-17)16-20(2,13-14-21)15-18-7-5-4-6-8-18;/h3-12,21H,1,13-16H2,2H3;1H/q+1;/p-1. The third-order valence-corrected chi connectivity index (χ3v) is 3.83. The maximum absolute atomic E-state index is 9.41. The Bertz CT molecular complexity index is 568. The molecule has 0 saturated heterocycles. The third kappa shape index (κ3) is 5.30. The molecule has 0 aliphatic heterocycles. The van der Waals surface area contributed by atoms with Gasteiger partial charge in [0.05, 0.1) is 13.7 Å². The first-order valence-electron chi connectivity index (χ1n) is 7.35. The molecular formula is C19H24ClNO. The van der Waals surface area contributed by atoms with Crippen molar-refractivity contribution in [3.63, 3.8) is 0 Å². The van der Waals surface area contributed by atoms with Crippen LogP contribution in [0.3, 0.4) is 0 Å². The highest BCUT2D eigenvalue weighted by Crippen LogP contribution is 2.17. The summed E-state index contributed by atoms with van der Waals surface area (Å²) in [7, 11) is 2.20. The van der Waals surface area contributed by atoms with Crippen molar-refractivity contribution in [1.29, 1.82) is 0 Å². The summed E-state index contributed by atoms with van der Waals surface area (Å²) in [6.07, 6.45) is 1.86. The van der Waals surface area contributed by atoms with Gasteiger partial charge in [-0.2, -0.15) is 0 Å². The highest BCUT2D eigenvalue weighted by Gasteiger charge is 2.22. The number of hydrogen-bond donors (Lipinski definition) is 1. The smallest absolute Gasteiger partial charge is 0.104 e. The van der Waals surface area contributed by atoms with E-state index in [4.69, 9.17) is 0 Å². The molecule has 1 atom stereocenters. The van der Waals surface area contributed by atoms with Crippen molar-refractivity contribution in [1.82, 2.24) is 0 Å². The second-order valence-corrected chi connectivity index (χ2v) is 5.81. The Morgan fingerprint density at radius 2 is 1.50 bits per heavy atom. The van der Waals surface area contributed by atoms with Crippen LogP contribution < -0.4 is 12.4 Å². The Balaban J connectivity index is 0.00000242. The largest absolute Gasteiger partial charge is 1.00 e. The summed E-state index contributed by atoms with van der Waals surface area (Å²) in [5.41, 5.74) is 3.72. The zero-order valence-corrected chi connectivity index (χ0v) is 13.8. The molecular weight excluding hydrogens is 294 g/mol. The Kier molecular flexibility index (Phi) is 7.33. The van der Waals surface area contributed by atoms with Gasteiger partial charge in [-0.05, 0) is 5.56 Å². The van der Waals surface area contributed by atoms with Crippen molar-refractivity contribution in [2.75, 3.05) is 20.2 Å². The second kappa shape index (κ2) is 8.74. The van der Waals surface area contributed by atoms with Crippen molar-refractivity contribution in [3.8, 4) is 0 Å². The number of halogens is 1. The first-order chi connectivity index (χ1) is 10.1.